The van der Waals surface area contributed by atoms with Gasteiger partial charge in [-0.25, -0.2) is 0 Å². The van der Waals surface area contributed by atoms with Crippen molar-refractivity contribution in [2.24, 2.45) is 23.5 Å². The van der Waals surface area contributed by atoms with Crippen LogP contribution in [0.3, 0.4) is 0 Å². The molecule has 4 rings (SSSR count). The first kappa shape index (κ1) is 23.2. The molecule has 2 unspecified atom stereocenters. The van der Waals surface area contributed by atoms with E-state index < -0.39 is 58.1 Å². The van der Waals surface area contributed by atoms with Gasteiger partial charge in [0.2, 0.25) is 5.91 Å². The fourth-order valence-electron chi connectivity index (χ4n) is 5.52. The number of halogens is 1. The first-order valence-corrected chi connectivity index (χ1v) is 11.6. The summed E-state index contributed by atoms with van der Waals surface area (Å²) in [6.07, 6.45) is -0.999. The molecule has 0 aromatic heterocycles. The van der Waals surface area contributed by atoms with E-state index in [1.54, 1.807) is 0 Å². The standard InChI is InChI=1S/C23H26INO7/c1-22(2,3)11-7-12(24)10-5-8-4-9-6-13(26)16(21(25)31)20(30)23(9,32)19(29)14(8)18(28)15(10)17(11)27/h7-9,13,16,26-27,29,32H,4-6H2,1-3H3,(H2,25,31)/t8-,9+,13?,16?,23+/m1/s1. The summed E-state index contributed by atoms with van der Waals surface area (Å²) in [5.41, 5.74) is 3.50. The molecule has 0 spiro atoms. The van der Waals surface area contributed by atoms with Crippen molar-refractivity contribution in [2.45, 2.75) is 57.2 Å². The number of phenols is 1. The Morgan fingerprint density at radius 2 is 1.84 bits per heavy atom. The van der Waals surface area contributed by atoms with Gasteiger partial charge in [-0.15, -0.1) is 0 Å². The van der Waals surface area contributed by atoms with Crippen molar-refractivity contribution in [1.82, 2.24) is 0 Å². The zero-order valence-electron chi connectivity index (χ0n) is 18.0. The number of aromatic hydroxyl groups is 1. The number of Topliss-reactive ketones (excluding diaryl/α,β-unsaturated/α-hetero) is 2. The molecule has 0 heterocycles. The first-order valence-electron chi connectivity index (χ1n) is 10.5. The number of hydrogen-bond donors (Lipinski definition) is 5. The molecule has 1 aromatic carbocycles. The van der Waals surface area contributed by atoms with Crippen LogP contribution in [0.25, 0.3) is 0 Å². The lowest BCUT2D eigenvalue weighted by Crippen LogP contribution is -2.63. The predicted molar refractivity (Wildman–Crippen MR) is 122 cm³/mol. The number of aliphatic hydroxyl groups excluding tert-OH is 2. The Balaban J connectivity index is 1.92. The summed E-state index contributed by atoms with van der Waals surface area (Å²) in [4.78, 5) is 38.3. The van der Waals surface area contributed by atoms with Crippen LogP contribution in [0.1, 0.15) is 55.1 Å². The van der Waals surface area contributed by atoms with Gasteiger partial charge >= 0.3 is 0 Å². The third kappa shape index (κ3) is 3.04. The van der Waals surface area contributed by atoms with Crippen molar-refractivity contribution >= 4 is 40.1 Å². The zero-order chi connectivity index (χ0) is 23.9. The van der Waals surface area contributed by atoms with E-state index in [1.165, 1.54) is 0 Å². The number of allylic oxidation sites excluding steroid dienone is 1. The van der Waals surface area contributed by atoms with E-state index in [0.29, 0.717) is 17.5 Å². The van der Waals surface area contributed by atoms with Crippen molar-refractivity contribution in [3.8, 4) is 5.75 Å². The van der Waals surface area contributed by atoms with E-state index in [-0.39, 0.29) is 29.7 Å². The molecule has 0 aliphatic heterocycles. The van der Waals surface area contributed by atoms with Gasteiger partial charge in [0.15, 0.2) is 17.2 Å². The minimum absolute atomic E-state index is 0.0661. The largest absolute Gasteiger partial charge is 0.508 e. The van der Waals surface area contributed by atoms with Gasteiger partial charge in [-0.2, -0.15) is 0 Å². The maximum absolute atomic E-state index is 13.6. The molecule has 0 saturated heterocycles. The maximum Gasteiger partial charge on any atom is 0.230 e. The second-order valence-corrected chi connectivity index (χ2v) is 11.3. The monoisotopic (exact) mass is 555 g/mol. The molecule has 1 amide bonds. The van der Waals surface area contributed by atoms with E-state index in [9.17, 15) is 34.8 Å². The first-order chi connectivity index (χ1) is 14.7. The van der Waals surface area contributed by atoms with Crippen LogP contribution in [0, 0.1) is 21.3 Å². The Hall–Kier alpha value is -1.98. The third-order valence-corrected chi connectivity index (χ3v) is 8.11. The van der Waals surface area contributed by atoms with Crippen molar-refractivity contribution in [3.05, 3.63) is 37.7 Å². The number of phenolic OH excluding ortho intramolecular Hbond substituents is 1. The minimum atomic E-state index is -2.48. The van der Waals surface area contributed by atoms with Crippen LogP contribution in [0.2, 0.25) is 0 Å². The number of fused-ring (bicyclic) bond motifs is 3. The van der Waals surface area contributed by atoms with Gasteiger partial charge in [0, 0.05) is 20.6 Å². The topological polar surface area (TPSA) is 158 Å². The van der Waals surface area contributed by atoms with Gasteiger partial charge in [-0.1, -0.05) is 20.8 Å². The highest BCUT2D eigenvalue weighted by atomic mass is 127. The van der Waals surface area contributed by atoms with Crippen LogP contribution in [-0.4, -0.2) is 49.6 Å². The molecule has 1 aromatic rings. The molecule has 0 radical (unpaired) electrons. The van der Waals surface area contributed by atoms with Crippen molar-refractivity contribution in [1.29, 1.82) is 0 Å². The number of nitrogens with two attached hydrogens (primary N) is 1. The maximum atomic E-state index is 13.6. The summed E-state index contributed by atoms with van der Waals surface area (Å²) in [5, 5.41) is 43.7. The Morgan fingerprint density at radius 1 is 1.22 bits per heavy atom. The Labute approximate surface area is 198 Å². The average molecular weight is 555 g/mol. The second-order valence-electron chi connectivity index (χ2n) is 10.1. The van der Waals surface area contributed by atoms with Crippen LogP contribution in [-0.2, 0) is 21.4 Å². The summed E-state index contributed by atoms with van der Waals surface area (Å²) in [6.45, 7) is 5.71. The second kappa shape index (κ2) is 7.26. The highest BCUT2D eigenvalue weighted by Gasteiger charge is 2.62. The van der Waals surface area contributed by atoms with Crippen LogP contribution in [0.5, 0.6) is 5.75 Å². The van der Waals surface area contributed by atoms with Gasteiger partial charge in [0.1, 0.15) is 17.4 Å². The zero-order valence-corrected chi connectivity index (χ0v) is 20.1. The number of carbonyl (C=O) groups excluding carboxylic acids is 3. The van der Waals surface area contributed by atoms with Gasteiger partial charge < -0.3 is 26.2 Å². The van der Waals surface area contributed by atoms with Crippen LogP contribution in [0.15, 0.2) is 17.4 Å². The van der Waals surface area contributed by atoms with Gasteiger partial charge in [0.05, 0.1) is 11.7 Å². The molecular weight excluding hydrogens is 529 g/mol. The van der Waals surface area contributed by atoms with Crippen LogP contribution >= 0.6 is 22.6 Å². The molecule has 6 N–H and O–H groups in total. The van der Waals surface area contributed by atoms with E-state index in [0.717, 1.165) is 3.57 Å². The lowest BCUT2D eigenvalue weighted by Gasteiger charge is -2.48. The Bertz CT molecular complexity index is 1100. The van der Waals surface area contributed by atoms with Crippen molar-refractivity contribution in [2.75, 3.05) is 0 Å². The summed E-state index contributed by atoms with van der Waals surface area (Å²) >= 11 is 2.12. The molecule has 172 valence electrons. The molecule has 1 saturated carbocycles. The number of carbonyl (C=O) groups is 3. The molecule has 9 heteroatoms. The Kier molecular flexibility index (Phi) is 5.26. The number of aliphatic hydroxyl groups is 3. The lowest BCUT2D eigenvalue weighted by atomic mass is 9.58. The molecule has 3 aliphatic rings. The van der Waals surface area contributed by atoms with Gasteiger partial charge in [0.25, 0.3) is 0 Å². The lowest BCUT2D eigenvalue weighted by molar-refractivity contribution is -0.167. The molecule has 5 atom stereocenters. The van der Waals surface area contributed by atoms with Crippen LogP contribution in [0.4, 0.5) is 0 Å². The Morgan fingerprint density at radius 3 is 2.41 bits per heavy atom. The van der Waals surface area contributed by atoms with E-state index in [4.69, 9.17) is 5.73 Å². The number of amides is 1. The molecule has 1 fully saturated rings. The molecule has 8 nitrogen and oxygen atoms in total. The highest BCUT2D eigenvalue weighted by molar-refractivity contribution is 14.1. The molecule has 3 aliphatic carbocycles. The summed E-state index contributed by atoms with van der Waals surface area (Å²) < 4.78 is 0.807. The SMILES string of the molecule is CC(C)(C)c1cc(I)c2c(c1O)C(=O)C1=C(O)[C@]3(O)C(=O)C(C(N)=O)C(O)C[C@@H]3C[C@@H]1C2. The van der Waals surface area contributed by atoms with Gasteiger partial charge in [-0.05, 0) is 64.8 Å². The summed E-state index contributed by atoms with van der Waals surface area (Å²) in [6, 6.07) is 1.85. The number of primary amides is 1. The predicted octanol–water partition coefficient (Wildman–Crippen LogP) is 1.65. The van der Waals surface area contributed by atoms with E-state index >= 15 is 0 Å². The smallest absolute Gasteiger partial charge is 0.230 e. The molecule has 0 bridgehead atoms. The molecular formula is C23H26INO7. The number of rotatable bonds is 1. The summed E-state index contributed by atoms with van der Waals surface area (Å²) in [5.74, 6) is -6.86. The fraction of sp³-hybridized carbons (Fsp3) is 0.522. The average Bonchev–Trinajstić information content (AvgIpc) is 2.66. The van der Waals surface area contributed by atoms with E-state index in [2.05, 4.69) is 22.6 Å². The summed E-state index contributed by atoms with van der Waals surface area (Å²) in [7, 11) is 0. The van der Waals surface area contributed by atoms with Crippen molar-refractivity contribution < 1.29 is 34.8 Å². The number of hydrogen-bond acceptors (Lipinski definition) is 7. The van der Waals surface area contributed by atoms with Crippen molar-refractivity contribution in [3.63, 3.8) is 0 Å². The third-order valence-electron chi connectivity index (χ3n) is 7.14. The van der Waals surface area contributed by atoms with E-state index in [1.807, 2.05) is 26.8 Å². The minimum Gasteiger partial charge on any atom is -0.508 e. The number of benzene rings is 1. The normalized spacial score (nSPS) is 32.3. The quantitative estimate of drug-likeness (QED) is 0.260. The molecule has 32 heavy (non-hydrogen) atoms. The van der Waals surface area contributed by atoms with Crippen LogP contribution < -0.4 is 5.73 Å². The highest BCUT2D eigenvalue weighted by Crippen LogP contribution is 2.52. The number of ketones is 2. The van der Waals surface area contributed by atoms with Gasteiger partial charge in [-0.3, -0.25) is 14.4 Å². The fourth-order valence-corrected chi connectivity index (χ4v) is 6.32.